The highest BCUT2D eigenvalue weighted by Crippen LogP contribution is 2.40. The largest absolute Gasteiger partial charge is 0.393 e. The summed E-state index contributed by atoms with van der Waals surface area (Å²) in [7, 11) is 0. The summed E-state index contributed by atoms with van der Waals surface area (Å²) in [6, 6.07) is 8.25. The second kappa shape index (κ2) is 4.27. The van der Waals surface area contributed by atoms with E-state index in [0.717, 1.165) is 31.2 Å². The normalized spacial score (nSPS) is 29.7. The molecule has 0 spiro atoms. The lowest BCUT2D eigenvalue weighted by atomic mass is 9.76. The van der Waals surface area contributed by atoms with Crippen LogP contribution in [0.4, 0.5) is 0 Å². The van der Waals surface area contributed by atoms with Gasteiger partial charge in [0.1, 0.15) is 0 Å². The van der Waals surface area contributed by atoms with Gasteiger partial charge >= 0.3 is 0 Å². The molecule has 0 saturated heterocycles. The Balaban J connectivity index is 2.29. The first-order valence-electron chi connectivity index (χ1n) is 5.80. The summed E-state index contributed by atoms with van der Waals surface area (Å²) < 4.78 is 0. The van der Waals surface area contributed by atoms with E-state index in [0.29, 0.717) is 0 Å². The summed E-state index contributed by atoms with van der Waals surface area (Å²) >= 11 is 0. The fourth-order valence-corrected chi connectivity index (χ4v) is 2.41. The summed E-state index contributed by atoms with van der Waals surface area (Å²) in [6.07, 6.45) is 2.84. The van der Waals surface area contributed by atoms with Crippen LogP contribution in [-0.2, 0) is 5.54 Å². The van der Waals surface area contributed by atoms with Crippen molar-refractivity contribution in [2.45, 2.75) is 44.2 Å². The third kappa shape index (κ3) is 1.96. The predicted molar refractivity (Wildman–Crippen MR) is 63.9 cm³/mol. The van der Waals surface area contributed by atoms with Crippen LogP contribution in [0, 0.1) is 13.5 Å². The van der Waals surface area contributed by atoms with Crippen molar-refractivity contribution in [1.29, 1.82) is 0 Å². The Morgan fingerprint density at radius 2 is 1.81 bits per heavy atom. The molecule has 0 bridgehead atoms. The first-order valence-corrected chi connectivity index (χ1v) is 5.80. The molecule has 2 heteroatoms. The van der Waals surface area contributed by atoms with E-state index in [1.54, 1.807) is 0 Å². The van der Waals surface area contributed by atoms with Gasteiger partial charge in [-0.3, -0.25) is 0 Å². The molecule has 0 aliphatic heterocycles. The Hall–Kier alpha value is -1.33. The zero-order valence-electron chi connectivity index (χ0n) is 9.61. The molecule has 0 amide bonds. The molecule has 0 atom stereocenters. The molecule has 0 heterocycles. The number of hydrogen-bond donors (Lipinski definition) is 1. The van der Waals surface area contributed by atoms with Crippen LogP contribution in [0.25, 0.3) is 4.85 Å². The molecule has 16 heavy (non-hydrogen) atoms. The van der Waals surface area contributed by atoms with Gasteiger partial charge in [0.05, 0.1) is 6.10 Å². The lowest BCUT2D eigenvalue weighted by molar-refractivity contribution is 0.107. The zero-order chi connectivity index (χ0) is 11.6. The number of hydrogen-bond acceptors (Lipinski definition) is 1. The molecule has 1 aromatic rings. The minimum atomic E-state index is -0.382. The lowest BCUT2D eigenvalue weighted by Crippen LogP contribution is -2.30. The third-order valence-corrected chi connectivity index (χ3v) is 3.59. The van der Waals surface area contributed by atoms with Crippen LogP contribution in [0.2, 0.25) is 0 Å². The van der Waals surface area contributed by atoms with Crippen molar-refractivity contribution >= 4 is 0 Å². The van der Waals surface area contributed by atoms with Gasteiger partial charge in [-0.1, -0.05) is 29.8 Å². The number of aliphatic hydroxyl groups is 1. The fourth-order valence-electron chi connectivity index (χ4n) is 2.41. The Morgan fingerprint density at radius 1 is 1.25 bits per heavy atom. The first-order chi connectivity index (χ1) is 7.66. The van der Waals surface area contributed by atoms with Crippen LogP contribution in [-0.4, -0.2) is 11.2 Å². The van der Waals surface area contributed by atoms with Crippen LogP contribution < -0.4 is 0 Å². The van der Waals surface area contributed by atoms with E-state index in [-0.39, 0.29) is 11.6 Å². The average molecular weight is 215 g/mol. The Labute approximate surface area is 96.7 Å². The van der Waals surface area contributed by atoms with E-state index in [2.05, 4.69) is 36.0 Å². The van der Waals surface area contributed by atoms with Crippen LogP contribution in [0.15, 0.2) is 24.3 Å². The molecule has 1 aliphatic rings. The lowest BCUT2D eigenvalue weighted by Gasteiger charge is -2.29. The van der Waals surface area contributed by atoms with Crippen molar-refractivity contribution < 1.29 is 5.11 Å². The van der Waals surface area contributed by atoms with Gasteiger partial charge in [0.2, 0.25) is 0 Å². The number of aryl methyl sites for hydroxylation is 1. The first kappa shape index (κ1) is 11.2. The van der Waals surface area contributed by atoms with Crippen LogP contribution in [0.3, 0.4) is 0 Å². The van der Waals surface area contributed by atoms with Gasteiger partial charge in [-0.25, -0.2) is 6.57 Å². The molecular formula is C14H17NO. The maximum Gasteiger partial charge on any atom is 0.257 e. The standard InChI is InChI=1S/C14H17NO/c1-11-3-5-12(6-4-11)14(15-2)9-7-13(16)8-10-14/h3-6,13,16H,7-10H2,1H3. The molecule has 2 rings (SSSR count). The van der Waals surface area contributed by atoms with Gasteiger partial charge in [-0.15, -0.1) is 0 Å². The monoisotopic (exact) mass is 215 g/mol. The van der Waals surface area contributed by atoms with E-state index in [4.69, 9.17) is 6.57 Å². The van der Waals surface area contributed by atoms with Crippen molar-refractivity contribution in [2.24, 2.45) is 0 Å². The van der Waals surface area contributed by atoms with Crippen LogP contribution >= 0.6 is 0 Å². The van der Waals surface area contributed by atoms with Crippen molar-refractivity contribution in [2.75, 3.05) is 0 Å². The topological polar surface area (TPSA) is 24.6 Å². The Kier molecular flexibility index (Phi) is 2.98. The highest BCUT2D eigenvalue weighted by molar-refractivity contribution is 5.31. The average Bonchev–Trinajstić information content (AvgIpc) is 2.32. The van der Waals surface area contributed by atoms with Crippen LogP contribution in [0.5, 0.6) is 0 Å². The molecule has 0 unspecified atom stereocenters. The molecule has 84 valence electrons. The highest BCUT2D eigenvalue weighted by atomic mass is 16.3. The van der Waals surface area contributed by atoms with E-state index < -0.39 is 0 Å². The van der Waals surface area contributed by atoms with Gasteiger partial charge < -0.3 is 9.95 Å². The maximum atomic E-state index is 9.53. The second-order valence-corrected chi connectivity index (χ2v) is 4.74. The molecule has 1 aliphatic carbocycles. The molecule has 0 radical (unpaired) electrons. The minimum Gasteiger partial charge on any atom is -0.393 e. The number of nitrogens with zero attached hydrogens (tertiary/aromatic N) is 1. The molecule has 0 aromatic heterocycles. The molecule has 1 saturated carbocycles. The van der Waals surface area contributed by atoms with E-state index in [1.165, 1.54) is 5.56 Å². The quantitative estimate of drug-likeness (QED) is 0.715. The van der Waals surface area contributed by atoms with Crippen molar-refractivity contribution in [3.8, 4) is 0 Å². The van der Waals surface area contributed by atoms with Crippen molar-refractivity contribution in [1.82, 2.24) is 0 Å². The maximum absolute atomic E-state index is 9.53. The Bertz CT molecular complexity index is 394. The fraction of sp³-hybridized carbons (Fsp3) is 0.500. The van der Waals surface area contributed by atoms with Crippen molar-refractivity contribution in [3.05, 3.63) is 46.8 Å². The number of rotatable bonds is 1. The smallest absolute Gasteiger partial charge is 0.257 e. The highest BCUT2D eigenvalue weighted by Gasteiger charge is 2.42. The summed E-state index contributed by atoms with van der Waals surface area (Å²) in [5, 5.41) is 9.53. The molecule has 1 fully saturated rings. The van der Waals surface area contributed by atoms with Gasteiger partial charge in [0.25, 0.3) is 5.54 Å². The zero-order valence-corrected chi connectivity index (χ0v) is 9.61. The van der Waals surface area contributed by atoms with Gasteiger partial charge in [-0.05, 0) is 19.8 Å². The summed E-state index contributed by atoms with van der Waals surface area (Å²) in [4.78, 5) is 3.85. The van der Waals surface area contributed by atoms with Gasteiger partial charge in [0, 0.05) is 18.4 Å². The van der Waals surface area contributed by atoms with Gasteiger partial charge in [0.15, 0.2) is 0 Å². The predicted octanol–water partition coefficient (Wildman–Crippen LogP) is 3.04. The van der Waals surface area contributed by atoms with E-state index in [9.17, 15) is 5.11 Å². The Morgan fingerprint density at radius 3 is 2.31 bits per heavy atom. The molecule has 2 nitrogen and oxygen atoms in total. The van der Waals surface area contributed by atoms with Crippen LogP contribution in [0.1, 0.15) is 36.8 Å². The third-order valence-electron chi connectivity index (χ3n) is 3.59. The van der Waals surface area contributed by atoms with Crippen molar-refractivity contribution in [3.63, 3.8) is 0 Å². The van der Waals surface area contributed by atoms with E-state index in [1.807, 2.05) is 0 Å². The molecule has 1 aromatic carbocycles. The molecule has 1 N–H and O–H groups in total. The number of benzene rings is 1. The summed E-state index contributed by atoms with van der Waals surface area (Å²) in [5.74, 6) is 0. The SMILES string of the molecule is [C-]#[N+]C1(c2ccc(C)cc2)CCC(O)CC1. The second-order valence-electron chi connectivity index (χ2n) is 4.74. The van der Waals surface area contributed by atoms with Gasteiger partial charge in [-0.2, -0.15) is 0 Å². The van der Waals surface area contributed by atoms with E-state index >= 15 is 0 Å². The summed E-state index contributed by atoms with van der Waals surface area (Å²) in [5.41, 5.74) is 1.95. The minimum absolute atomic E-state index is 0.208. The molecular weight excluding hydrogens is 198 g/mol. The summed E-state index contributed by atoms with van der Waals surface area (Å²) in [6.45, 7) is 9.50. The number of aliphatic hydroxyl groups excluding tert-OH is 1.